The summed E-state index contributed by atoms with van der Waals surface area (Å²) in [6.07, 6.45) is 0.756. The van der Waals surface area contributed by atoms with E-state index in [1.54, 1.807) is 17.7 Å². The number of aryl methyl sites for hydroxylation is 1. The van der Waals surface area contributed by atoms with Gasteiger partial charge in [-0.25, -0.2) is 4.98 Å². The molecule has 0 radical (unpaired) electrons. The summed E-state index contributed by atoms with van der Waals surface area (Å²) in [4.78, 5) is 31.0. The van der Waals surface area contributed by atoms with E-state index in [4.69, 9.17) is 9.72 Å². The van der Waals surface area contributed by atoms with Crippen molar-refractivity contribution in [2.75, 3.05) is 23.9 Å². The van der Waals surface area contributed by atoms with Crippen molar-refractivity contribution in [2.45, 2.75) is 16.5 Å². The standard InChI is InChI=1S/C21H19N3O3S2/c1-27-17-10-6-5-9-16(17)24-20(26)19-15(11-12-28-19)23-21(24)29-13-18(25)22-14-7-3-2-4-8-14/h2-10H,11-13H2,1H3,(H,22,25). The number of methoxy groups -OCH3 is 1. The predicted molar refractivity (Wildman–Crippen MR) is 117 cm³/mol. The Balaban J connectivity index is 1.67. The van der Waals surface area contributed by atoms with Crippen LogP contribution in [0.5, 0.6) is 5.75 Å². The summed E-state index contributed by atoms with van der Waals surface area (Å²) in [6, 6.07) is 16.6. The molecule has 8 heteroatoms. The molecule has 1 aromatic heterocycles. The second-order valence-electron chi connectivity index (χ2n) is 6.28. The van der Waals surface area contributed by atoms with Crippen molar-refractivity contribution in [3.8, 4) is 11.4 Å². The molecular formula is C21H19N3O3S2. The Morgan fingerprint density at radius 2 is 1.97 bits per heavy atom. The number of thioether (sulfide) groups is 2. The van der Waals surface area contributed by atoms with Crippen LogP contribution in [-0.2, 0) is 11.2 Å². The van der Waals surface area contributed by atoms with Gasteiger partial charge in [0.05, 0.1) is 29.1 Å². The van der Waals surface area contributed by atoms with Crippen molar-refractivity contribution in [3.05, 3.63) is 70.6 Å². The van der Waals surface area contributed by atoms with E-state index in [1.165, 1.54) is 23.5 Å². The number of fused-ring (bicyclic) bond motifs is 1. The van der Waals surface area contributed by atoms with E-state index in [9.17, 15) is 9.59 Å². The van der Waals surface area contributed by atoms with Crippen molar-refractivity contribution < 1.29 is 9.53 Å². The number of amides is 1. The van der Waals surface area contributed by atoms with Gasteiger partial charge in [0.15, 0.2) is 5.16 Å². The first-order valence-corrected chi connectivity index (χ1v) is 11.0. The van der Waals surface area contributed by atoms with Crippen molar-refractivity contribution in [2.24, 2.45) is 0 Å². The first kappa shape index (κ1) is 19.6. The van der Waals surface area contributed by atoms with Crippen LogP contribution in [-0.4, -0.2) is 34.1 Å². The normalized spacial score (nSPS) is 12.4. The highest BCUT2D eigenvalue weighted by molar-refractivity contribution is 8.00. The first-order chi connectivity index (χ1) is 14.2. The zero-order valence-corrected chi connectivity index (χ0v) is 17.4. The Morgan fingerprint density at radius 3 is 2.76 bits per heavy atom. The number of hydrogen-bond acceptors (Lipinski definition) is 6. The molecule has 1 amide bonds. The topological polar surface area (TPSA) is 73.2 Å². The number of aromatic nitrogens is 2. The summed E-state index contributed by atoms with van der Waals surface area (Å²) in [5, 5.41) is 3.35. The van der Waals surface area contributed by atoms with Crippen LogP contribution in [0, 0.1) is 0 Å². The zero-order chi connectivity index (χ0) is 20.2. The van der Waals surface area contributed by atoms with Crippen LogP contribution in [0.1, 0.15) is 5.69 Å². The first-order valence-electron chi connectivity index (χ1n) is 9.07. The quantitative estimate of drug-likeness (QED) is 0.480. The summed E-state index contributed by atoms with van der Waals surface area (Å²) in [5.41, 5.74) is 2.04. The summed E-state index contributed by atoms with van der Waals surface area (Å²) in [5.74, 6) is 1.40. The SMILES string of the molecule is COc1ccccc1-n1c(SCC(=O)Nc2ccccc2)nc2c(c1=O)SCC2. The highest BCUT2D eigenvalue weighted by Crippen LogP contribution is 2.32. The molecule has 0 bridgehead atoms. The summed E-state index contributed by atoms with van der Waals surface area (Å²) >= 11 is 2.77. The number of carbonyl (C=O) groups excluding carboxylic acids is 1. The van der Waals surface area contributed by atoms with Crippen LogP contribution in [0.2, 0.25) is 0 Å². The number of benzene rings is 2. The number of hydrogen-bond donors (Lipinski definition) is 1. The molecule has 1 N–H and O–H groups in total. The smallest absolute Gasteiger partial charge is 0.272 e. The molecule has 3 aromatic rings. The van der Waals surface area contributed by atoms with Gasteiger partial charge in [-0.1, -0.05) is 42.1 Å². The minimum absolute atomic E-state index is 0.118. The van der Waals surface area contributed by atoms with Gasteiger partial charge >= 0.3 is 0 Å². The van der Waals surface area contributed by atoms with Gasteiger partial charge in [0.2, 0.25) is 5.91 Å². The molecule has 2 aromatic carbocycles. The number of carbonyl (C=O) groups is 1. The fraction of sp³-hybridized carbons (Fsp3) is 0.190. The molecular weight excluding hydrogens is 406 g/mol. The minimum atomic E-state index is -0.156. The number of nitrogens with zero attached hydrogens (tertiary/aromatic N) is 2. The lowest BCUT2D eigenvalue weighted by Crippen LogP contribution is -2.25. The molecule has 0 fully saturated rings. The van der Waals surface area contributed by atoms with Crippen LogP contribution in [0.15, 0.2) is 69.4 Å². The van der Waals surface area contributed by atoms with E-state index in [0.29, 0.717) is 21.5 Å². The molecule has 29 heavy (non-hydrogen) atoms. The molecule has 1 aliphatic rings. The lowest BCUT2D eigenvalue weighted by Gasteiger charge is -2.16. The molecule has 0 atom stereocenters. The monoisotopic (exact) mass is 425 g/mol. The second-order valence-corrected chi connectivity index (χ2v) is 8.33. The molecule has 0 saturated heterocycles. The van der Waals surface area contributed by atoms with Crippen LogP contribution in [0.4, 0.5) is 5.69 Å². The molecule has 0 aliphatic carbocycles. The van der Waals surface area contributed by atoms with Crippen LogP contribution in [0.3, 0.4) is 0 Å². The summed E-state index contributed by atoms with van der Waals surface area (Å²) in [7, 11) is 1.57. The Labute approximate surface area is 176 Å². The number of para-hydroxylation sites is 3. The van der Waals surface area contributed by atoms with Gasteiger partial charge in [0.25, 0.3) is 5.56 Å². The molecule has 0 spiro atoms. The lowest BCUT2D eigenvalue weighted by atomic mass is 10.2. The van der Waals surface area contributed by atoms with E-state index >= 15 is 0 Å². The van der Waals surface area contributed by atoms with Crippen LogP contribution in [0.25, 0.3) is 5.69 Å². The highest BCUT2D eigenvalue weighted by Gasteiger charge is 2.24. The van der Waals surface area contributed by atoms with Crippen molar-refractivity contribution in [1.29, 1.82) is 0 Å². The Kier molecular flexibility index (Phi) is 5.92. The maximum atomic E-state index is 13.2. The van der Waals surface area contributed by atoms with Gasteiger partial charge in [-0.2, -0.15) is 0 Å². The second kappa shape index (κ2) is 8.75. The van der Waals surface area contributed by atoms with Gasteiger partial charge in [-0.15, -0.1) is 11.8 Å². The third-order valence-corrected chi connectivity index (χ3v) is 6.43. The van der Waals surface area contributed by atoms with Crippen LogP contribution < -0.4 is 15.6 Å². The molecule has 4 rings (SSSR count). The van der Waals surface area contributed by atoms with Gasteiger partial charge in [-0.3, -0.25) is 14.2 Å². The largest absolute Gasteiger partial charge is 0.495 e. The molecule has 0 saturated carbocycles. The van der Waals surface area contributed by atoms with Crippen molar-refractivity contribution in [1.82, 2.24) is 9.55 Å². The van der Waals surface area contributed by atoms with Crippen molar-refractivity contribution >= 4 is 35.1 Å². The molecule has 6 nitrogen and oxygen atoms in total. The minimum Gasteiger partial charge on any atom is -0.495 e. The summed E-state index contributed by atoms with van der Waals surface area (Å²) in [6.45, 7) is 0. The number of ether oxygens (including phenoxy) is 1. The Hall–Kier alpha value is -2.71. The van der Waals surface area contributed by atoms with Crippen molar-refractivity contribution in [3.63, 3.8) is 0 Å². The number of rotatable bonds is 6. The predicted octanol–water partition coefficient (Wildman–Crippen LogP) is 3.62. The third-order valence-electron chi connectivity index (χ3n) is 4.38. The molecule has 1 aliphatic heterocycles. The van der Waals surface area contributed by atoms with Gasteiger partial charge in [-0.05, 0) is 24.3 Å². The fourth-order valence-electron chi connectivity index (χ4n) is 3.06. The maximum Gasteiger partial charge on any atom is 0.272 e. The van der Waals surface area contributed by atoms with Gasteiger partial charge < -0.3 is 10.1 Å². The average Bonchev–Trinajstić information content (AvgIpc) is 3.22. The molecule has 148 valence electrons. The number of anilines is 1. The van der Waals surface area contributed by atoms with Gasteiger partial charge in [0.1, 0.15) is 5.75 Å². The average molecular weight is 426 g/mol. The number of nitrogens with one attached hydrogen (secondary N) is 1. The van der Waals surface area contributed by atoms with E-state index in [-0.39, 0.29) is 17.2 Å². The third kappa shape index (κ3) is 4.18. The summed E-state index contributed by atoms with van der Waals surface area (Å²) < 4.78 is 7.00. The molecule has 2 heterocycles. The van der Waals surface area contributed by atoms with Gasteiger partial charge in [0, 0.05) is 17.9 Å². The zero-order valence-electron chi connectivity index (χ0n) is 15.8. The van der Waals surface area contributed by atoms with E-state index < -0.39 is 0 Å². The van der Waals surface area contributed by atoms with E-state index in [2.05, 4.69) is 5.32 Å². The van der Waals surface area contributed by atoms with Crippen LogP contribution >= 0.6 is 23.5 Å². The Morgan fingerprint density at radius 1 is 1.21 bits per heavy atom. The highest BCUT2D eigenvalue weighted by atomic mass is 32.2. The van der Waals surface area contributed by atoms with E-state index in [1.807, 2.05) is 48.5 Å². The molecule has 0 unspecified atom stereocenters. The maximum absolute atomic E-state index is 13.2. The van der Waals surface area contributed by atoms with E-state index in [0.717, 1.165) is 23.6 Å². The lowest BCUT2D eigenvalue weighted by molar-refractivity contribution is -0.113. The Bertz CT molecular complexity index is 1100. The fourth-order valence-corrected chi connectivity index (χ4v) is 4.91.